The van der Waals surface area contributed by atoms with E-state index >= 15 is 0 Å². The summed E-state index contributed by atoms with van der Waals surface area (Å²) in [4.78, 5) is 18.0. The first kappa shape index (κ1) is 22.8. The van der Waals surface area contributed by atoms with Gasteiger partial charge in [0.05, 0.1) is 37.9 Å². The summed E-state index contributed by atoms with van der Waals surface area (Å²) < 4.78 is 18.7. The second-order valence-electron chi connectivity index (χ2n) is 6.99. The number of fused-ring (bicyclic) bond motifs is 1. The van der Waals surface area contributed by atoms with Crippen LogP contribution >= 0.6 is 15.9 Å². The van der Waals surface area contributed by atoms with Gasteiger partial charge in [-0.15, -0.1) is 0 Å². The van der Waals surface area contributed by atoms with Crippen molar-refractivity contribution >= 4 is 33.0 Å². The molecule has 0 amide bonds. The monoisotopic (exact) mass is 487 g/mol. The van der Waals surface area contributed by atoms with Crippen LogP contribution in [0.15, 0.2) is 44.7 Å². The lowest BCUT2D eigenvalue weighted by Crippen LogP contribution is -2.23. The number of methoxy groups -OCH3 is 2. The summed E-state index contributed by atoms with van der Waals surface area (Å²) >= 11 is 3.43. The molecule has 1 atom stereocenters. The number of nitrogens with zero attached hydrogens (tertiary/aromatic N) is 3. The Labute approximate surface area is 189 Å². The highest BCUT2D eigenvalue weighted by Gasteiger charge is 2.16. The Hall–Kier alpha value is -2.87. The van der Waals surface area contributed by atoms with Crippen molar-refractivity contribution in [2.45, 2.75) is 33.1 Å². The summed E-state index contributed by atoms with van der Waals surface area (Å²) in [7, 11) is 3.13. The summed E-state index contributed by atoms with van der Waals surface area (Å²) in [6.45, 7) is 6.45. The van der Waals surface area contributed by atoms with Crippen molar-refractivity contribution in [2.75, 3.05) is 20.8 Å². The number of hydrogen-bond donors (Lipinski definition) is 0. The van der Waals surface area contributed by atoms with Crippen molar-refractivity contribution in [1.29, 1.82) is 0 Å². The van der Waals surface area contributed by atoms with Gasteiger partial charge >= 0.3 is 0 Å². The van der Waals surface area contributed by atoms with E-state index in [4.69, 9.17) is 19.2 Å². The van der Waals surface area contributed by atoms with Gasteiger partial charge in [0.1, 0.15) is 5.82 Å². The lowest BCUT2D eigenvalue weighted by atomic mass is 10.1. The van der Waals surface area contributed by atoms with Crippen LogP contribution in [0.2, 0.25) is 0 Å². The molecular formula is C23H26BrN3O4. The van der Waals surface area contributed by atoms with Gasteiger partial charge in [-0.25, -0.2) is 4.98 Å². The van der Waals surface area contributed by atoms with Crippen LogP contribution in [-0.2, 0) is 0 Å². The highest BCUT2D eigenvalue weighted by Crippen LogP contribution is 2.38. The number of benzene rings is 2. The van der Waals surface area contributed by atoms with Crippen LogP contribution in [0.4, 0.5) is 0 Å². The molecule has 0 aliphatic carbocycles. The second-order valence-corrected chi connectivity index (χ2v) is 7.91. The fourth-order valence-electron chi connectivity index (χ4n) is 3.16. The van der Waals surface area contributed by atoms with Crippen LogP contribution in [0.5, 0.6) is 17.2 Å². The minimum Gasteiger partial charge on any atom is -0.493 e. The number of ether oxygens (including phenoxy) is 3. The molecule has 0 N–H and O–H groups in total. The molecule has 1 aromatic heterocycles. The van der Waals surface area contributed by atoms with E-state index in [-0.39, 0.29) is 11.5 Å². The van der Waals surface area contributed by atoms with E-state index < -0.39 is 0 Å². The molecule has 0 unspecified atom stereocenters. The van der Waals surface area contributed by atoms with E-state index in [1.807, 2.05) is 26.0 Å². The fraction of sp³-hybridized carbons (Fsp3) is 0.348. The molecule has 0 bridgehead atoms. The van der Waals surface area contributed by atoms with Crippen LogP contribution < -0.4 is 19.8 Å². The molecule has 1 heterocycles. The summed E-state index contributed by atoms with van der Waals surface area (Å²) in [5.74, 6) is 2.25. The Morgan fingerprint density at radius 1 is 1.16 bits per heavy atom. The number of hydrogen-bond acceptors (Lipinski definition) is 6. The normalized spacial score (nSPS) is 12.3. The molecule has 0 saturated carbocycles. The predicted molar refractivity (Wildman–Crippen MR) is 126 cm³/mol. The smallest absolute Gasteiger partial charge is 0.282 e. The third-order valence-corrected chi connectivity index (χ3v) is 5.47. The van der Waals surface area contributed by atoms with Gasteiger partial charge in [-0.2, -0.15) is 9.78 Å². The zero-order valence-corrected chi connectivity index (χ0v) is 19.9. The zero-order chi connectivity index (χ0) is 22.5. The highest BCUT2D eigenvalue weighted by atomic mass is 79.9. The molecule has 31 heavy (non-hydrogen) atoms. The van der Waals surface area contributed by atoms with E-state index in [2.05, 4.69) is 28.0 Å². The van der Waals surface area contributed by atoms with Crippen molar-refractivity contribution in [3.05, 3.63) is 56.5 Å². The molecule has 3 rings (SSSR count). The SMILES string of the molecule is CCOc1c(OC)cc(C=Nn2c([C@H](C)CC)nc3ccc(Br)cc3c2=O)cc1OC. The molecule has 0 aliphatic heterocycles. The van der Waals surface area contributed by atoms with Crippen molar-refractivity contribution in [2.24, 2.45) is 5.10 Å². The third-order valence-electron chi connectivity index (χ3n) is 4.98. The van der Waals surface area contributed by atoms with Crippen LogP contribution in [-0.4, -0.2) is 36.7 Å². The third kappa shape index (κ3) is 4.74. The van der Waals surface area contributed by atoms with Crippen LogP contribution in [0.25, 0.3) is 10.9 Å². The Bertz CT molecular complexity index is 1150. The highest BCUT2D eigenvalue weighted by molar-refractivity contribution is 9.10. The Morgan fingerprint density at radius 2 is 1.84 bits per heavy atom. The minimum absolute atomic E-state index is 0.0577. The van der Waals surface area contributed by atoms with E-state index in [1.54, 1.807) is 38.6 Å². The van der Waals surface area contributed by atoms with Gasteiger partial charge in [0, 0.05) is 16.0 Å². The molecule has 164 valence electrons. The summed E-state index contributed by atoms with van der Waals surface area (Å²) in [5, 5.41) is 5.00. The molecule has 0 fully saturated rings. The average Bonchev–Trinajstić information content (AvgIpc) is 2.78. The van der Waals surface area contributed by atoms with Gasteiger partial charge in [0.15, 0.2) is 11.5 Å². The van der Waals surface area contributed by atoms with Crippen LogP contribution in [0.3, 0.4) is 0 Å². The van der Waals surface area contributed by atoms with Crippen molar-refractivity contribution in [1.82, 2.24) is 9.66 Å². The average molecular weight is 488 g/mol. The van der Waals surface area contributed by atoms with Crippen molar-refractivity contribution < 1.29 is 14.2 Å². The standard InChI is InChI=1S/C23H26BrN3O4/c1-6-14(3)22-26-18-9-8-16(24)12-17(18)23(28)27(22)25-13-15-10-19(29-4)21(31-7-2)20(11-15)30-5/h8-14H,6-7H2,1-5H3/t14-/m1/s1. The van der Waals surface area contributed by atoms with Gasteiger partial charge in [-0.1, -0.05) is 29.8 Å². The Morgan fingerprint density at radius 3 is 2.42 bits per heavy atom. The summed E-state index contributed by atoms with van der Waals surface area (Å²) in [5.41, 5.74) is 1.13. The van der Waals surface area contributed by atoms with Crippen LogP contribution in [0.1, 0.15) is 44.5 Å². The predicted octanol–water partition coefficient (Wildman–Crippen LogP) is 4.97. The van der Waals surface area contributed by atoms with Crippen LogP contribution in [0, 0.1) is 0 Å². The molecule has 0 aliphatic rings. The molecule has 0 saturated heterocycles. The first-order valence-corrected chi connectivity index (χ1v) is 10.9. The first-order valence-electron chi connectivity index (χ1n) is 10.1. The van der Waals surface area contributed by atoms with E-state index in [0.717, 1.165) is 10.9 Å². The number of halogens is 1. The largest absolute Gasteiger partial charge is 0.493 e. The van der Waals surface area contributed by atoms with Crippen molar-refractivity contribution in [3.63, 3.8) is 0 Å². The van der Waals surface area contributed by atoms with Gasteiger partial charge < -0.3 is 14.2 Å². The molecule has 0 spiro atoms. The quantitative estimate of drug-likeness (QED) is 0.419. The minimum atomic E-state index is -0.220. The maximum Gasteiger partial charge on any atom is 0.282 e. The molecule has 2 aromatic carbocycles. The first-order chi connectivity index (χ1) is 14.9. The van der Waals surface area contributed by atoms with Gasteiger partial charge in [-0.3, -0.25) is 4.79 Å². The van der Waals surface area contributed by atoms with Gasteiger partial charge in [0.2, 0.25) is 5.75 Å². The number of aromatic nitrogens is 2. The molecule has 3 aromatic rings. The summed E-state index contributed by atoms with van der Waals surface area (Å²) in [6, 6.07) is 9.05. The fourth-order valence-corrected chi connectivity index (χ4v) is 3.53. The topological polar surface area (TPSA) is 74.9 Å². The number of rotatable bonds is 8. The van der Waals surface area contributed by atoms with E-state index in [0.29, 0.717) is 46.1 Å². The van der Waals surface area contributed by atoms with E-state index in [9.17, 15) is 4.79 Å². The second kappa shape index (κ2) is 9.96. The lowest BCUT2D eigenvalue weighted by Gasteiger charge is -2.15. The lowest BCUT2D eigenvalue weighted by molar-refractivity contribution is 0.288. The maximum atomic E-state index is 13.2. The summed E-state index contributed by atoms with van der Waals surface area (Å²) in [6.07, 6.45) is 2.42. The van der Waals surface area contributed by atoms with Crippen molar-refractivity contribution in [3.8, 4) is 17.2 Å². The molecule has 8 heteroatoms. The molecule has 7 nitrogen and oxygen atoms in total. The van der Waals surface area contributed by atoms with Gasteiger partial charge in [-0.05, 0) is 43.7 Å². The Balaban J connectivity index is 2.16. The van der Waals surface area contributed by atoms with E-state index in [1.165, 1.54) is 4.68 Å². The maximum absolute atomic E-state index is 13.2. The molecular weight excluding hydrogens is 462 g/mol. The Kier molecular flexibility index (Phi) is 7.33. The molecule has 0 radical (unpaired) electrons. The zero-order valence-electron chi connectivity index (χ0n) is 18.3. The van der Waals surface area contributed by atoms with Gasteiger partial charge in [0.25, 0.3) is 5.56 Å².